The van der Waals surface area contributed by atoms with Crippen LogP contribution in [-0.2, 0) is 4.74 Å². The first-order chi connectivity index (χ1) is 8.65. The molecule has 1 amide bonds. The van der Waals surface area contributed by atoms with Gasteiger partial charge < -0.3 is 15.4 Å². The Morgan fingerprint density at radius 3 is 3.06 bits per heavy atom. The summed E-state index contributed by atoms with van der Waals surface area (Å²) in [7, 11) is 0. The van der Waals surface area contributed by atoms with E-state index in [2.05, 4.69) is 15.6 Å². The first-order valence-corrected chi connectivity index (χ1v) is 6.21. The Hall–Kier alpha value is -1.46. The van der Waals surface area contributed by atoms with E-state index in [1.165, 1.54) is 0 Å². The molecule has 0 aliphatic carbocycles. The van der Waals surface area contributed by atoms with Gasteiger partial charge in [0, 0.05) is 25.3 Å². The Labute approximate surface area is 107 Å². The molecular weight excluding hydrogens is 230 g/mol. The molecule has 2 N–H and O–H groups in total. The molecule has 1 aromatic heterocycles. The average molecular weight is 249 g/mol. The van der Waals surface area contributed by atoms with Crippen molar-refractivity contribution in [3.63, 3.8) is 0 Å². The van der Waals surface area contributed by atoms with Crippen LogP contribution in [0.3, 0.4) is 0 Å². The molecule has 0 spiro atoms. The predicted octanol–water partition coefficient (Wildman–Crippen LogP) is 0.417. The van der Waals surface area contributed by atoms with E-state index in [9.17, 15) is 4.79 Å². The van der Waals surface area contributed by atoms with Crippen molar-refractivity contribution in [3.8, 4) is 0 Å². The Morgan fingerprint density at radius 1 is 1.56 bits per heavy atom. The van der Waals surface area contributed by atoms with Gasteiger partial charge >= 0.3 is 0 Å². The van der Waals surface area contributed by atoms with Crippen LogP contribution in [0.1, 0.15) is 21.7 Å². The molecule has 1 atom stereocenters. The highest BCUT2D eigenvalue weighted by Crippen LogP contribution is 2.04. The van der Waals surface area contributed by atoms with Crippen LogP contribution in [0.5, 0.6) is 0 Å². The zero-order valence-electron chi connectivity index (χ0n) is 10.8. The average Bonchev–Trinajstić information content (AvgIpc) is 2.36. The first-order valence-electron chi connectivity index (χ1n) is 6.21. The molecule has 0 bridgehead atoms. The van der Waals surface area contributed by atoms with Crippen molar-refractivity contribution in [1.82, 2.24) is 15.6 Å². The third-order valence-corrected chi connectivity index (χ3v) is 2.83. The standard InChI is InChI=1S/C13H19N3O2/c1-9-5-10(2)16-12(6-9)13(17)15-8-11-7-14-3-4-18-11/h5-6,11,14H,3-4,7-8H2,1-2H3,(H,15,17). The minimum atomic E-state index is -0.143. The quantitative estimate of drug-likeness (QED) is 0.815. The lowest BCUT2D eigenvalue weighted by Crippen LogP contribution is -2.45. The molecule has 98 valence electrons. The number of carbonyl (C=O) groups is 1. The molecule has 0 aromatic carbocycles. The molecule has 1 saturated heterocycles. The lowest BCUT2D eigenvalue weighted by atomic mass is 10.2. The van der Waals surface area contributed by atoms with Crippen LogP contribution in [0.2, 0.25) is 0 Å². The maximum Gasteiger partial charge on any atom is 0.269 e. The maximum atomic E-state index is 11.9. The number of ether oxygens (including phenoxy) is 1. The van der Waals surface area contributed by atoms with Crippen LogP contribution in [-0.4, -0.2) is 43.2 Å². The molecule has 5 nitrogen and oxygen atoms in total. The summed E-state index contributed by atoms with van der Waals surface area (Å²) < 4.78 is 5.51. The number of amides is 1. The number of hydrogen-bond donors (Lipinski definition) is 2. The largest absolute Gasteiger partial charge is 0.374 e. The molecule has 2 heterocycles. The van der Waals surface area contributed by atoms with Gasteiger partial charge in [0.2, 0.25) is 0 Å². The van der Waals surface area contributed by atoms with E-state index in [0.29, 0.717) is 18.8 Å². The van der Waals surface area contributed by atoms with Crippen LogP contribution in [0.15, 0.2) is 12.1 Å². The van der Waals surface area contributed by atoms with Crippen molar-refractivity contribution >= 4 is 5.91 Å². The van der Waals surface area contributed by atoms with Gasteiger partial charge in [0.1, 0.15) is 5.69 Å². The number of hydrogen-bond acceptors (Lipinski definition) is 4. The molecule has 2 rings (SSSR count). The van der Waals surface area contributed by atoms with Crippen LogP contribution in [0.25, 0.3) is 0 Å². The van der Waals surface area contributed by atoms with E-state index in [1.807, 2.05) is 19.9 Å². The van der Waals surface area contributed by atoms with E-state index >= 15 is 0 Å². The Kier molecular flexibility index (Phi) is 4.28. The molecule has 1 aliphatic rings. The van der Waals surface area contributed by atoms with Crippen LogP contribution in [0.4, 0.5) is 0 Å². The lowest BCUT2D eigenvalue weighted by Gasteiger charge is -2.23. The summed E-state index contributed by atoms with van der Waals surface area (Å²) in [4.78, 5) is 16.2. The van der Waals surface area contributed by atoms with E-state index in [1.54, 1.807) is 6.07 Å². The van der Waals surface area contributed by atoms with Gasteiger partial charge in [-0.15, -0.1) is 0 Å². The Balaban J connectivity index is 1.90. The van der Waals surface area contributed by atoms with Gasteiger partial charge in [-0.3, -0.25) is 4.79 Å². The Bertz CT molecular complexity index is 408. The number of morpholine rings is 1. The summed E-state index contributed by atoms with van der Waals surface area (Å²) in [6, 6.07) is 3.74. The number of rotatable bonds is 3. The van der Waals surface area contributed by atoms with Crippen molar-refractivity contribution in [2.45, 2.75) is 20.0 Å². The summed E-state index contributed by atoms with van der Waals surface area (Å²) in [5, 5.41) is 6.08. The normalized spacial score (nSPS) is 19.6. The van der Waals surface area contributed by atoms with Gasteiger partial charge in [0.05, 0.1) is 12.7 Å². The van der Waals surface area contributed by atoms with Crippen molar-refractivity contribution in [1.29, 1.82) is 0 Å². The second-order valence-corrected chi connectivity index (χ2v) is 4.58. The number of pyridine rings is 1. The number of nitrogens with one attached hydrogen (secondary N) is 2. The number of aryl methyl sites for hydroxylation is 2. The molecule has 1 aliphatic heterocycles. The summed E-state index contributed by atoms with van der Waals surface area (Å²) >= 11 is 0. The third kappa shape index (κ3) is 3.51. The smallest absolute Gasteiger partial charge is 0.269 e. The second kappa shape index (κ2) is 5.93. The highest BCUT2D eigenvalue weighted by atomic mass is 16.5. The van der Waals surface area contributed by atoms with Gasteiger partial charge in [-0.2, -0.15) is 0 Å². The highest BCUT2D eigenvalue weighted by molar-refractivity contribution is 5.92. The van der Waals surface area contributed by atoms with E-state index in [-0.39, 0.29) is 12.0 Å². The van der Waals surface area contributed by atoms with Gasteiger partial charge in [0.25, 0.3) is 5.91 Å². The number of aromatic nitrogens is 1. The fourth-order valence-corrected chi connectivity index (χ4v) is 2.01. The molecule has 5 heteroatoms. The van der Waals surface area contributed by atoms with Crippen LogP contribution < -0.4 is 10.6 Å². The van der Waals surface area contributed by atoms with E-state index < -0.39 is 0 Å². The predicted molar refractivity (Wildman–Crippen MR) is 68.7 cm³/mol. The number of carbonyl (C=O) groups excluding carboxylic acids is 1. The SMILES string of the molecule is Cc1cc(C)nc(C(=O)NCC2CNCCO2)c1. The zero-order chi connectivity index (χ0) is 13.0. The first kappa shape index (κ1) is 13.0. The monoisotopic (exact) mass is 249 g/mol. The molecule has 18 heavy (non-hydrogen) atoms. The molecule has 1 aromatic rings. The topological polar surface area (TPSA) is 63.2 Å². The molecule has 0 saturated carbocycles. The van der Waals surface area contributed by atoms with Crippen molar-refractivity contribution < 1.29 is 9.53 Å². The van der Waals surface area contributed by atoms with Crippen LogP contribution in [0, 0.1) is 13.8 Å². The van der Waals surface area contributed by atoms with Crippen LogP contribution >= 0.6 is 0 Å². The third-order valence-electron chi connectivity index (χ3n) is 2.83. The van der Waals surface area contributed by atoms with Gasteiger partial charge in [-0.25, -0.2) is 4.98 Å². The second-order valence-electron chi connectivity index (χ2n) is 4.58. The highest BCUT2D eigenvalue weighted by Gasteiger charge is 2.15. The lowest BCUT2D eigenvalue weighted by molar-refractivity contribution is 0.0286. The minimum absolute atomic E-state index is 0.0496. The molecule has 1 unspecified atom stereocenters. The summed E-state index contributed by atoms with van der Waals surface area (Å²) in [5.74, 6) is -0.143. The summed E-state index contributed by atoms with van der Waals surface area (Å²) in [6.07, 6.45) is 0.0496. The fourth-order valence-electron chi connectivity index (χ4n) is 2.01. The molecule has 1 fully saturated rings. The van der Waals surface area contributed by atoms with Crippen molar-refractivity contribution in [2.75, 3.05) is 26.2 Å². The van der Waals surface area contributed by atoms with Gasteiger partial charge in [0.15, 0.2) is 0 Å². The van der Waals surface area contributed by atoms with Crippen molar-refractivity contribution in [2.24, 2.45) is 0 Å². The number of nitrogens with zero attached hydrogens (tertiary/aromatic N) is 1. The zero-order valence-corrected chi connectivity index (χ0v) is 10.8. The molecular formula is C13H19N3O2. The van der Waals surface area contributed by atoms with E-state index in [0.717, 1.165) is 24.3 Å². The summed E-state index contributed by atoms with van der Waals surface area (Å²) in [5.41, 5.74) is 2.37. The van der Waals surface area contributed by atoms with Gasteiger partial charge in [-0.1, -0.05) is 0 Å². The van der Waals surface area contributed by atoms with E-state index in [4.69, 9.17) is 4.74 Å². The maximum absolute atomic E-state index is 11.9. The summed E-state index contributed by atoms with van der Waals surface area (Å²) in [6.45, 7) is 6.71. The fraction of sp³-hybridized carbons (Fsp3) is 0.538. The molecule has 0 radical (unpaired) electrons. The minimum Gasteiger partial charge on any atom is -0.374 e. The van der Waals surface area contributed by atoms with Crippen molar-refractivity contribution in [3.05, 3.63) is 29.1 Å². The Morgan fingerprint density at radius 2 is 2.39 bits per heavy atom. The van der Waals surface area contributed by atoms with Gasteiger partial charge in [-0.05, 0) is 31.5 Å².